The Labute approximate surface area is 182 Å². The fourth-order valence-corrected chi connectivity index (χ4v) is 4.11. The van der Waals surface area contributed by atoms with Crippen molar-refractivity contribution in [3.05, 3.63) is 42.7 Å². The standard InChI is InChI=1S/C24H28N4O3/c1-30-21-13-19-20(14-22(21)31-2)25-15-26-24(19)28-18-10-8-17(9-11-18)27-23(29)12-7-16-5-3-4-6-16/h8-11,13-16H,3-7,12H2,1-2H3,(H,27,29)(H,25,26,28). The minimum atomic E-state index is 0.0791. The fourth-order valence-electron chi connectivity index (χ4n) is 4.11. The van der Waals surface area contributed by atoms with Gasteiger partial charge in [-0.25, -0.2) is 9.97 Å². The number of anilines is 3. The SMILES string of the molecule is COc1cc2ncnc(Nc3ccc(NC(=O)CCC4CCCC4)cc3)c2cc1OC. The second-order valence-corrected chi connectivity index (χ2v) is 7.89. The maximum Gasteiger partial charge on any atom is 0.224 e. The Morgan fingerprint density at radius 2 is 1.68 bits per heavy atom. The second kappa shape index (κ2) is 9.64. The lowest BCUT2D eigenvalue weighted by Crippen LogP contribution is -2.12. The monoisotopic (exact) mass is 420 g/mol. The van der Waals surface area contributed by atoms with Crippen molar-refractivity contribution >= 4 is 34.0 Å². The lowest BCUT2D eigenvalue weighted by Gasteiger charge is -2.13. The molecular formula is C24H28N4O3. The number of amides is 1. The number of carbonyl (C=O) groups excluding carboxylic acids is 1. The Hall–Kier alpha value is -3.35. The van der Waals surface area contributed by atoms with Gasteiger partial charge in [-0.15, -0.1) is 0 Å². The quantitative estimate of drug-likeness (QED) is 0.514. The average Bonchev–Trinajstić information content (AvgIpc) is 3.32. The number of nitrogens with one attached hydrogen (secondary N) is 2. The van der Waals surface area contributed by atoms with Crippen LogP contribution in [0.1, 0.15) is 38.5 Å². The van der Waals surface area contributed by atoms with E-state index in [0.29, 0.717) is 23.7 Å². The highest BCUT2D eigenvalue weighted by Crippen LogP contribution is 2.34. The van der Waals surface area contributed by atoms with Crippen LogP contribution in [0.15, 0.2) is 42.7 Å². The molecule has 3 aromatic rings. The van der Waals surface area contributed by atoms with Crippen LogP contribution < -0.4 is 20.1 Å². The minimum absolute atomic E-state index is 0.0791. The molecule has 7 nitrogen and oxygen atoms in total. The van der Waals surface area contributed by atoms with E-state index in [1.807, 2.05) is 36.4 Å². The van der Waals surface area contributed by atoms with Crippen molar-refractivity contribution in [3.63, 3.8) is 0 Å². The first kappa shape index (κ1) is 20.9. The highest BCUT2D eigenvalue weighted by atomic mass is 16.5. The van der Waals surface area contributed by atoms with E-state index in [9.17, 15) is 4.79 Å². The summed E-state index contributed by atoms with van der Waals surface area (Å²) in [6.45, 7) is 0. The van der Waals surface area contributed by atoms with Crippen LogP contribution in [0.2, 0.25) is 0 Å². The van der Waals surface area contributed by atoms with Crippen LogP contribution >= 0.6 is 0 Å². The first-order chi connectivity index (χ1) is 15.2. The third-order valence-corrected chi connectivity index (χ3v) is 5.83. The number of fused-ring (bicyclic) bond motifs is 1. The Balaban J connectivity index is 1.42. The molecule has 1 amide bonds. The van der Waals surface area contributed by atoms with Crippen molar-refractivity contribution in [1.82, 2.24) is 9.97 Å². The van der Waals surface area contributed by atoms with Crippen LogP contribution in [0, 0.1) is 5.92 Å². The van der Waals surface area contributed by atoms with E-state index in [2.05, 4.69) is 20.6 Å². The first-order valence-electron chi connectivity index (χ1n) is 10.7. The van der Waals surface area contributed by atoms with Gasteiger partial charge in [0.05, 0.1) is 19.7 Å². The first-order valence-corrected chi connectivity index (χ1v) is 10.7. The molecule has 1 fully saturated rings. The van der Waals surface area contributed by atoms with E-state index in [-0.39, 0.29) is 5.91 Å². The van der Waals surface area contributed by atoms with Gasteiger partial charge in [-0.1, -0.05) is 25.7 Å². The van der Waals surface area contributed by atoms with Gasteiger partial charge in [-0.2, -0.15) is 0 Å². The Bertz CT molecular complexity index is 1050. The van der Waals surface area contributed by atoms with Gasteiger partial charge in [-0.3, -0.25) is 4.79 Å². The number of aromatic nitrogens is 2. The predicted octanol–water partition coefficient (Wildman–Crippen LogP) is 5.30. The molecule has 0 bridgehead atoms. The van der Waals surface area contributed by atoms with Gasteiger partial charge in [0.15, 0.2) is 11.5 Å². The van der Waals surface area contributed by atoms with E-state index >= 15 is 0 Å². The number of rotatable bonds is 8. The molecule has 2 aromatic carbocycles. The molecular weight excluding hydrogens is 392 g/mol. The maximum absolute atomic E-state index is 12.2. The zero-order valence-corrected chi connectivity index (χ0v) is 18.0. The maximum atomic E-state index is 12.2. The van der Waals surface area contributed by atoms with Gasteiger partial charge in [0, 0.05) is 29.2 Å². The van der Waals surface area contributed by atoms with Crippen LogP contribution in [0.3, 0.4) is 0 Å². The highest BCUT2D eigenvalue weighted by molar-refractivity contribution is 5.93. The topological polar surface area (TPSA) is 85.4 Å². The molecule has 0 aliphatic heterocycles. The van der Waals surface area contributed by atoms with E-state index < -0.39 is 0 Å². The van der Waals surface area contributed by atoms with Gasteiger partial charge < -0.3 is 20.1 Å². The van der Waals surface area contributed by atoms with E-state index in [1.54, 1.807) is 14.2 Å². The lowest BCUT2D eigenvalue weighted by molar-refractivity contribution is -0.116. The molecule has 1 aromatic heterocycles. The minimum Gasteiger partial charge on any atom is -0.493 e. The summed E-state index contributed by atoms with van der Waals surface area (Å²) in [5.41, 5.74) is 2.40. The van der Waals surface area contributed by atoms with Crippen LogP contribution in [-0.4, -0.2) is 30.1 Å². The number of hydrogen-bond donors (Lipinski definition) is 2. The van der Waals surface area contributed by atoms with Crippen molar-refractivity contribution in [1.29, 1.82) is 0 Å². The molecule has 1 aliphatic carbocycles. The predicted molar refractivity (Wildman–Crippen MR) is 122 cm³/mol. The summed E-state index contributed by atoms with van der Waals surface area (Å²) in [5, 5.41) is 7.13. The molecule has 1 heterocycles. The van der Waals surface area contributed by atoms with Crippen molar-refractivity contribution in [2.75, 3.05) is 24.9 Å². The molecule has 4 rings (SSSR count). The summed E-state index contributed by atoms with van der Waals surface area (Å²) in [5.74, 6) is 2.70. The fraction of sp³-hybridized carbons (Fsp3) is 0.375. The molecule has 1 saturated carbocycles. The zero-order valence-electron chi connectivity index (χ0n) is 18.0. The van der Waals surface area contributed by atoms with E-state index in [0.717, 1.165) is 34.6 Å². The number of nitrogens with zero attached hydrogens (tertiary/aromatic N) is 2. The molecule has 0 saturated heterocycles. The normalized spacial score (nSPS) is 13.9. The Morgan fingerprint density at radius 1 is 1.00 bits per heavy atom. The summed E-state index contributed by atoms with van der Waals surface area (Å²) in [6, 6.07) is 11.3. The molecule has 1 aliphatic rings. The Morgan fingerprint density at radius 3 is 2.39 bits per heavy atom. The molecule has 162 valence electrons. The smallest absolute Gasteiger partial charge is 0.224 e. The summed E-state index contributed by atoms with van der Waals surface area (Å²) < 4.78 is 10.8. The Kier molecular flexibility index (Phi) is 6.50. The van der Waals surface area contributed by atoms with E-state index in [4.69, 9.17) is 9.47 Å². The summed E-state index contributed by atoms with van der Waals surface area (Å²) in [4.78, 5) is 20.9. The molecule has 7 heteroatoms. The van der Waals surface area contributed by atoms with Crippen molar-refractivity contribution in [2.24, 2.45) is 5.92 Å². The number of carbonyl (C=O) groups is 1. The van der Waals surface area contributed by atoms with Gasteiger partial charge in [-0.05, 0) is 42.7 Å². The largest absolute Gasteiger partial charge is 0.493 e. The van der Waals surface area contributed by atoms with Gasteiger partial charge in [0.25, 0.3) is 0 Å². The van der Waals surface area contributed by atoms with Crippen molar-refractivity contribution in [2.45, 2.75) is 38.5 Å². The number of methoxy groups -OCH3 is 2. The molecule has 2 N–H and O–H groups in total. The number of benzene rings is 2. The molecule has 0 radical (unpaired) electrons. The molecule has 0 unspecified atom stereocenters. The van der Waals surface area contributed by atoms with Gasteiger partial charge >= 0.3 is 0 Å². The summed E-state index contributed by atoms with van der Waals surface area (Å²) >= 11 is 0. The van der Waals surface area contributed by atoms with Gasteiger partial charge in [0.1, 0.15) is 12.1 Å². The van der Waals surface area contributed by atoms with Crippen LogP contribution in [0.4, 0.5) is 17.2 Å². The van der Waals surface area contributed by atoms with Gasteiger partial charge in [0.2, 0.25) is 5.91 Å². The molecule has 31 heavy (non-hydrogen) atoms. The molecule has 0 atom stereocenters. The summed E-state index contributed by atoms with van der Waals surface area (Å²) in [7, 11) is 3.19. The summed E-state index contributed by atoms with van der Waals surface area (Å²) in [6.07, 6.45) is 8.23. The molecule has 0 spiro atoms. The van der Waals surface area contributed by atoms with Crippen molar-refractivity contribution < 1.29 is 14.3 Å². The van der Waals surface area contributed by atoms with E-state index in [1.165, 1.54) is 32.0 Å². The van der Waals surface area contributed by atoms with Crippen LogP contribution in [-0.2, 0) is 4.79 Å². The van der Waals surface area contributed by atoms with Crippen LogP contribution in [0.25, 0.3) is 10.9 Å². The third-order valence-electron chi connectivity index (χ3n) is 5.83. The average molecular weight is 421 g/mol. The highest BCUT2D eigenvalue weighted by Gasteiger charge is 2.16. The lowest BCUT2D eigenvalue weighted by atomic mass is 10.0. The van der Waals surface area contributed by atoms with Crippen molar-refractivity contribution in [3.8, 4) is 11.5 Å². The number of ether oxygens (including phenoxy) is 2. The zero-order chi connectivity index (χ0) is 21.6. The van der Waals surface area contributed by atoms with Crippen LogP contribution in [0.5, 0.6) is 11.5 Å². The third kappa shape index (κ3) is 5.05. The number of hydrogen-bond acceptors (Lipinski definition) is 6. The second-order valence-electron chi connectivity index (χ2n) is 7.89.